The molecule has 0 aromatic rings. The lowest BCUT2D eigenvalue weighted by Crippen LogP contribution is -2.43. The minimum Gasteiger partial charge on any atom is -0.396 e. The summed E-state index contributed by atoms with van der Waals surface area (Å²) in [5.74, 6) is 0.850. The van der Waals surface area contributed by atoms with Crippen molar-refractivity contribution >= 4 is 0 Å². The summed E-state index contributed by atoms with van der Waals surface area (Å²) in [5, 5.41) is 12.5. The van der Waals surface area contributed by atoms with Crippen molar-refractivity contribution in [2.24, 2.45) is 5.92 Å². The summed E-state index contributed by atoms with van der Waals surface area (Å²) in [6, 6.07) is 0.427. The maximum atomic E-state index is 9.06. The molecule has 0 aromatic carbocycles. The Bertz CT molecular complexity index is 199. The van der Waals surface area contributed by atoms with E-state index in [0.29, 0.717) is 6.04 Å². The molecule has 0 radical (unpaired) electrons. The smallest absolute Gasteiger partial charge is 0.0446 e. The molecule has 0 saturated carbocycles. The number of piperidine rings is 1. The van der Waals surface area contributed by atoms with E-state index >= 15 is 0 Å². The van der Waals surface area contributed by atoms with Crippen LogP contribution in [0, 0.1) is 5.92 Å². The van der Waals surface area contributed by atoms with E-state index in [1.807, 2.05) is 0 Å². The molecule has 1 saturated heterocycles. The lowest BCUT2D eigenvalue weighted by Gasteiger charge is -2.33. The number of nitrogens with zero attached hydrogens (tertiary/aromatic N) is 2. The van der Waals surface area contributed by atoms with Crippen molar-refractivity contribution in [1.29, 1.82) is 0 Å². The highest BCUT2D eigenvalue weighted by Gasteiger charge is 2.19. The van der Waals surface area contributed by atoms with Gasteiger partial charge in [0.05, 0.1) is 0 Å². The molecule has 0 spiro atoms. The van der Waals surface area contributed by atoms with Gasteiger partial charge in [-0.25, -0.2) is 0 Å². The van der Waals surface area contributed by atoms with Gasteiger partial charge in [-0.3, -0.25) is 0 Å². The Morgan fingerprint density at radius 3 is 2.61 bits per heavy atom. The maximum absolute atomic E-state index is 9.06. The van der Waals surface area contributed by atoms with Crippen LogP contribution in [0.4, 0.5) is 0 Å². The zero-order chi connectivity index (χ0) is 13.4. The van der Waals surface area contributed by atoms with Crippen LogP contribution < -0.4 is 5.32 Å². The molecule has 2 N–H and O–H groups in total. The predicted molar refractivity (Wildman–Crippen MR) is 76.9 cm³/mol. The molecule has 1 unspecified atom stereocenters. The molecule has 4 nitrogen and oxygen atoms in total. The lowest BCUT2D eigenvalue weighted by atomic mass is 9.96. The number of likely N-dealkylation sites (N-methyl/N-ethyl adjacent to an activating group) is 2. The Balaban J connectivity index is 2.24. The number of hydrogen-bond acceptors (Lipinski definition) is 4. The van der Waals surface area contributed by atoms with Gasteiger partial charge in [-0.05, 0) is 58.9 Å². The molecule has 1 heterocycles. The molecule has 0 amide bonds. The van der Waals surface area contributed by atoms with Gasteiger partial charge >= 0.3 is 0 Å². The van der Waals surface area contributed by atoms with Gasteiger partial charge in [0.1, 0.15) is 0 Å². The molecule has 4 heteroatoms. The van der Waals surface area contributed by atoms with E-state index in [1.54, 1.807) is 0 Å². The number of hydrogen-bond donors (Lipinski definition) is 2. The third-order valence-electron chi connectivity index (χ3n) is 3.91. The standard InChI is InChI=1S/C14H31N3O/c1-4-15-14(7-10-18)12-17(3)11-13-5-8-16(2)9-6-13/h13-15,18H,4-12H2,1-3H3. The minimum atomic E-state index is 0.278. The third-order valence-corrected chi connectivity index (χ3v) is 3.91. The van der Waals surface area contributed by atoms with Crippen LogP contribution >= 0.6 is 0 Å². The maximum Gasteiger partial charge on any atom is 0.0446 e. The first-order valence-electron chi connectivity index (χ1n) is 7.37. The molecule has 1 atom stereocenters. The summed E-state index contributed by atoms with van der Waals surface area (Å²) < 4.78 is 0. The molecule has 108 valence electrons. The highest BCUT2D eigenvalue weighted by Crippen LogP contribution is 2.16. The number of nitrogens with one attached hydrogen (secondary N) is 1. The third kappa shape index (κ3) is 6.14. The quantitative estimate of drug-likeness (QED) is 0.669. The Hall–Kier alpha value is -0.160. The zero-order valence-corrected chi connectivity index (χ0v) is 12.4. The van der Waals surface area contributed by atoms with Gasteiger partial charge in [0.25, 0.3) is 0 Å². The fourth-order valence-corrected chi connectivity index (χ4v) is 2.84. The van der Waals surface area contributed by atoms with Crippen molar-refractivity contribution in [3.05, 3.63) is 0 Å². The zero-order valence-electron chi connectivity index (χ0n) is 12.4. The predicted octanol–water partition coefficient (Wildman–Crippen LogP) is 0.621. The van der Waals surface area contributed by atoms with Crippen molar-refractivity contribution in [2.45, 2.75) is 32.2 Å². The second kappa shape index (κ2) is 8.86. The van der Waals surface area contributed by atoms with Crippen LogP contribution in [0.25, 0.3) is 0 Å². The summed E-state index contributed by atoms with van der Waals surface area (Å²) in [6.45, 7) is 8.10. The largest absolute Gasteiger partial charge is 0.396 e. The van der Waals surface area contributed by atoms with E-state index in [-0.39, 0.29) is 6.61 Å². The van der Waals surface area contributed by atoms with Crippen LogP contribution in [0.15, 0.2) is 0 Å². The van der Waals surface area contributed by atoms with E-state index in [1.165, 1.54) is 32.5 Å². The van der Waals surface area contributed by atoms with Crippen LogP contribution in [0.2, 0.25) is 0 Å². The minimum absolute atomic E-state index is 0.278. The van der Waals surface area contributed by atoms with E-state index < -0.39 is 0 Å². The molecule has 0 aromatic heterocycles. The number of aliphatic hydroxyl groups is 1. The Labute approximate surface area is 112 Å². The van der Waals surface area contributed by atoms with E-state index in [2.05, 4.69) is 36.1 Å². The Morgan fingerprint density at radius 2 is 2.06 bits per heavy atom. The number of likely N-dealkylation sites (tertiary alicyclic amines) is 1. The van der Waals surface area contributed by atoms with Gasteiger partial charge in [-0.1, -0.05) is 6.92 Å². The lowest BCUT2D eigenvalue weighted by molar-refractivity contribution is 0.163. The van der Waals surface area contributed by atoms with Gasteiger partial charge in [-0.15, -0.1) is 0 Å². The van der Waals surface area contributed by atoms with Crippen LogP contribution in [0.1, 0.15) is 26.2 Å². The fourth-order valence-electron chi connectivity index (χ4n) is 2.84. The van der Waals surface area contributed by atoms with E-state index in [9.17, 15) is 0 Å². The van der Waals surface area contributed by atoms with Crippen LogP contribution in [0.5, 0.6) is 0 Å². The molecule has 0 aliphatic carbocycles. The van der Waals surface area contributed by atoms with Gasteiger partial charge in [0, 0.05) is 25.7 Å². The molecule has 1 aliphatic rings. The summed E-state index contributed by atoms with van der Waals surface area (Å²) >= 11 is 0. The second-order valence-electron chi connectivity index (χ2n) is 5.73. The van der Waals surface area contributed by atoms with Gasteiger partial charge < -0.3 is 20.2 Å². The van der Waals surface area contributed by atoms with Crippen LogP contribution in [-0.2, 0) is 0 Å². The number of aliphatic hydroxyl groups excluding tert-OH is 1. The summed E-state index contributed by atoms with van der Waals surface area (Å²) in [4.78, 5) is 4.85. The molecule has 1 rings (SSSR count). The first-order chi connectivity index (χ1) is 8.65. The highest BCUT2D eigenvalue weighted by molar-refractivity contribution is 4.75. The second-order valence-corrected chi connectivity index (χ2v) is 5.73. The average molecular weight is 257 g/mol. The van der Waals surface area contributed by atoms with Gasteiger partial charge in [-0.2, -0.15) is 0 Å². The first-order valence-corrected chi connectivity index (χ1v) is 7.37. The van der Waals surface area contributed by atoms with Gasteiger partial charge in [0.15, 0.2) is 0 Å². The summed E-state index contributed by atoms with van der Waals surface area (Å²) in [6.07, 6.45) is 3.50. The SMILES string of the molecule is CCNC(CCO)CN(C)CC1CCN(C)CC1. The van der Waals surface area contributed by atoms with Crippen molar-refractivity contribution in [2.75, 3.05) is 53.4 Å². The molecule has 1 fully saturated rings. The first kappa shape index (κ1) is 15.9. The average Bonchev–Trinajstić information content (AvgIpc) is 2.33. The van der Waals surface area contributed by atoms with Crippen molar-refractivity contribution < 1.29 is 5.11 Å². The molecule has 1 aliphatic heterocycles. The molecule has 0 bridgehead atoms. The molecular weight excluding hydrogens is 226 g/mol. The molecule has 18 heavy (non-hydrogen) atoms. The fraction of sp³-hybridized carbons (Fsp3) is 1.00. The van der Waals surface area contributed by atoms with E-state index in [0.717, 1.165) is 25.4 Å². The van der Waals surface area contributed by atoms with Crippen LogP contribution in [-0.4, -0.2) is 74.4 Å². The summed E-state index contributed by atoms with van der Waals surface area (Å²) in [5.41, 5.74) is 0. The monoisotopic (exact) mass is 257 g/mol. The summed E-state index contributed by atoms with van der Waals surface area (Å²) in [7, 11) is 4.42. The van der Waals surface area contributed by atoms with E-state index in [4.69, 9.17) is 5.11 Å². The van der Waals surface area contributed by atoms with Crippen molar-refractivity contribution in [3.63, 3.8) is 0 Å². The normalized spacial score (nSPS) is 20.5. The highest BCUT2D eigenvalue weighted by atomic mass is 16.3. The Kier molecular flexibility index (Phi) is 7.82. The Morgan fingerprint density at radius 1 is 1.39 bits per heavy atom. The number of rotatable bonds is 8. The van der Waals surface area contributed by atoms with Gasteiger partial charge in [0.2, 0.25) is 0 Å². The molecular formula is C14H31N3O. The topological polar surface area (TPSA) is 38.7 Å². The van der Waals surface area contributed by atoms with Crippen LogP contribution in [0.3, 0.4) is 0 Å². The van der Waals surface area contributed by atoms with Crippen molar-refractivity contribution in [3.8, 4) is 0 Å². The van der Waals surface area contributed by atoms with Crippen molar-refractivity contribution in [1.82, 2.24) is 15.1 Å².